The van der Waals surface area contributed by atoms with Gasteiger partial charge >= 0.3 is 0 Å². The minimum atomic E-state index is -0.104. The molecule has 1 aliphatic rings. The highest BCUT2D eigenvalue weighted by atomic mass is 16.5. The van der Waals surface area contributed by atoms with E-state index in [4.69, 9.17) is 0 Å². The van der Waals surface area contributed by atoms with Crippen molar-refractivity contribution in [3.8, 4) is 0 Å². The van der Waals surface area contributed by atoms with E-state index in [0.29, 0.717) is 19.4 Å². The molecule has 4 heteroatoms. The number of hydroxylamine groups is 2. The smallest absolute Gasteiger partial charge is 0.163 e. The Morgan fingerprint density at radius 1 is 1.44 bits per heavy atom. The standard InChI is InChI=1S/C12H16N2O2/c15-11(10-4-2-1-3-5-10)6-7-12-13-8-9-14(12)16/h1-5,12-14H,6-9H2. The van der Waals surface area contributed by atoms with Crippen molar-refractivity contribution in [1.29, 1.82) is 0 Å². The molecule has 1 saturated heterocycles. The van der Waals surface area contributed by atoms with Gasteiger partial charge in [-0.25, -0.2) is 0 Å². The molecular formula is C12H16N2O2. The molecule has 1 aromatic carbocycles. The molecule has 86 valence electrons. The number of benzene rings is 1. The van der Waals surface area contributed by atoms with Gasteiger partial charge in [0.2, 0.25) is 0 Å². The molecule has 0 aromatic heterocycles. The predicted octanol–water partition coefficient (Wildman–Crippen LogP) is -0.0385. The summed E-state index contributed by atoms with van der Waals surface area (Å²) in [6.45, 7) is 1.35. The van der Waals surface area contributed by atoms with E-state index < -0.39 is 0 Å². The summed E-state index contributed by atoms with van der Waals surface area (Å²) in [6.07, 6.45) is 0.952. The molecule has 0 saturated carbocycles. The number of carbonyl (C=O) groups is 1. The van der Waals surface area contributed by atoms with Gasteiger partial charge in [0, 0.05) is 18.4 Å². The highest BCUT2D eigenvalue weighted by Crippen LogP contribution is 2.05. The molecule has 4 nitrogen and oxygen atoms in total. The predicted molar refractivity (Wildman–Crippen MR) is 61.0 cm³/mol. The molecule has 0 aliphatic carbocycles. The summed E-state index contributed by atoms with van der Waals surface area (Å²) in [5, 5.41) is 14.7. The van der Waals surface area contributed by atoms with E-state index in [-0.39, 0.29) is 17.0 Å². The van der Waals surface area contributed by atoms with Crippen molar-refractivity contribution in [2.24, 2.45) is 0 Å². The van der Waals surface area contributed by atoms with Crippen LogP contribution in [0.4, 0.5) is 0 Å². The first-order valence-electron chi connectivity index (χ1n) is 5.62. The van der Waals surface area contributed by atoms with Gasteiger partial charge in [-0.2, -0.15) is 0 Å². The van der Waals surface area contributed by atoms with Crippen LogP contribution in [0.25, 0.3) is 0 Å². The average Bonchev–Trinajstić information content (AvgIpc) is 2.73. The van der Waals surface area contributed by atoms with E-state index in [1.54, 1.807) is 0 Å². The van der Waals surface area contributed by atoms with E-state index in [0.717, 1.165) is 12.1 Å². The largest absolute Gasteiger partial charge is 0.633 e. The van der Waals surface area contributed by atoms with Crippen LogP contribution in [0.2, 0.25) is 0 Å². The number of Topliss-reactive ketones (excluding diaryl/α,β-unsaturated/α-hetero) is 1. The lowest BCUT2D eigenvalue weighted by Crippen LogP contribution is -3.10. The van der Waals surface area contributed by atoms with Gasteiger partial charge in [-0.1, -0.05) is 30.3 Å². The molecule has 1 aromatic rings. The lowest BCUT2D eigenvalue weighted by Gasteiger charge is -2.23. The van der Waals surface area contributed by atoms with Crippen LogP contribution >= 0.6 is 0 Å². The van der Waals surface area contributed by atoms with Gasteiger partial charge in [0.15, 0.2) is 5.78 Å². The van der Waals surface area contributed by atoms with Crippen molar-refractivity contribution >= 4 is 5.78 Å². The number of rotatable bonds is 4. The number of nitrogens with one attached hydrogen (secondary N) is 2. The highest BCUT2D eigenvalue weighted by molar-refractivity contribution is 5.95. The van der Waals surface area contributed by atoms with Crippen molar-refractivity contribution in [2.75, 3.05) is 13.1 Å². The Kier molecular flexibility index (Phi) is 3.66. The molecule has 1 fully saturated rings. The summed E-state index contributed by atoms with van der Waals surface area (Å²) in [7, 11) is 0. The topological polar surface area (TPSA) is 56.6 Å². The van der Waals surface area contributed by atoms with Crippen molar-refractivity contribution in [3.05, 3.63) is 41.1 Å². The second-order valence-electron chi connectivity index (χ2n) is 4.05. The minimum absolute atomic E-state index is 0.104. The number of quaternary nitrogens is 1. The zero-order chi connectivity index (χ0) is 11.4. The summed E-state index contributed by atoms with van der Waals surface area (Å²) >= 11 is 0. The molecule has 0 bridgehead atoms. The maximum atomic E-state index is 11.8. The average molecular weight is 220 g/mol. The van der Waals surface area contributed by atoms with Crippen molar-refractivity contribution < 1.29 is 9.86 Å². The van der Waals surface area contributed by atoms with Crippen LogP contribution in [0, 0.1) is 5.21 Å². The summed E-state index contributed by atoms with van der Waals surface area (Å²) in [4.78, 5) is 11.8. The molecule has 1 heterocycles. The number of ketones is 1. The van der Waals surface area contributed by atoms with Crippen LogP contribution in [-0.2, 0) is 0 Å². The molecule has 0 radical (unpaired) electrons. The third-order valence-corrected chi connectivity index (χ3v) is 2.91. The van der Waals surface area contributed by atoms with E-state index >= 15 is 0 Å². The molecule has 1 aliphatic heterocycles. The summed E-state index contributed by atoms with van der Waals surface area (Å²) in [5.41, 5.74) is 0.730. The van der Waals surface area contributed by atoms with Crippen LogP contribution in [-0.4, -0.2) is 25.0 Å². The summed E-state index contributed by atoms with van der Waals surface area (Å²) in [5.74, 6) is 0.113. The van der Waals surface area contributed by atoms with Gasteiger partial charge in [0.25, 0.3) is 0 Å². The van der Waals surface area contributed by atoms with Crippen LogP contribution < -0.4 is 10.4 Å². The molecule has 2 atom stereocenters. The molecular weight excluding hydrogens is 204 g/mol. The zero-order valence-corrected chi connectivity index (χ0v) is 9.11. The summed E-state index contributed by atoms with van der Waals surface area (Å²) in [6, 6.07) is 9.22. The quantitative estimate of drug-likeness (QED) is 0.553. The molecule has 0 spiro atoms. The first-order chi connectivity index (χ1) is 7.77. The monoisotopic (exact) mass is 220 g/mol. The number of hydrogen-bond acceptors (Lipinski definition) is 3. The fourth-order valence-corrected chi connectivity index (χ4v) is 1.96. The normalized spacial score (nSPS) is 24.6. The Bertz CT molecular complexity index is 353. The van der Waals surface area contributed by atoms with Crippen molar-refractivity contribution in [3.63, 3.8) is 0 Å². The van der Waals surface area contributed by atoms with Gasteiger partial charge in [-0.15, -0.1) is 0 Å². The molecule has 2 N–H and O–H groups in total. The fourth-order valence-electron chi connectivity index (χ4n) is 1.96. The molecule has 16 heavy (non-hydrogen) atoms. The second-order valence-corrected chi connectivity index (χ2v) is 4.05. The Morgan fingerprint density at radius 3 is 2.81 bits per heavy atom. The van der Waals surface area contributed by atoms with Gasteiger partial charge in [0.1, 0.15) is 6.17 Å². The van der Waals surface area contributed by atoms with Crippen LogP contribution in [0.5, 0.6) is 0 Å². The van der Waals surface area contributed by atoms with Crippen LogP contribution in [0.1, 0.15) is 23.2 Å². The first-order valence-corrected chi connectivity index (χ1v) is 5.62. The summed E-state index contributed by atoms with van der Waals surface area (Å²) < 4.78 is 0. The van der Waals surface area contributed by atoms with Gasteiger partial charge < -0.3 is 10.3 Å². The molecule has 2 rings (SSSR count). The maximum absolute atomic E-state index is 11.8. The van der Waals surface area contributed by atoms with Gasteiger partial charge in [0.05, 0.1) is 13.1 Å². The Balaban J connectivity index is 1.84. The zero-order valence-electron chi connectivity index (χ0n) is 9.11. The molecule has 0 amide bonds. The van der Waals surface area contributed by atoms with Crippen LogP contribution in [0.3, 0.4) is 0 Å². The Hall–Kier alpha value is -1.23. The fraction of sp³-hybridized carbons (Fsp3) is 0.417. The van der Waals surface area contributed by atoms with Crippen LogP contribution in [0.15, 0.2) is 30.3 Å². The van der Waals surface area contributed by atoms with E-state index in [2.05, 4.69) is 5.32 Å². The SMILES string of the molecule is O=C(CCC1NCC[NH+]1[O-])c1ccccc1. The number of hydrogen-bond donors (Lipinski definition) is 2. The molecule has 2 unspecified atom stereocenters. The second kappa shape index (κ2) is 5.21. The lowest BCUT2D eigenvalue weighted by molar-refractivity contribution is -0.862. The van der Waals surface area contributed by atoms with Crippen molar-refractivity contribution in [1.82, 2.24) is 5.32 Å². The first kappa shape index (κ1) is 11.3. The van der Waals surface area contributed by atoms with E-state index in [9.17, 15) is 10.0 Å². The Labute approximate surface area is 94.8 Å². The maximum Gasteiger partial charge on any atom is 0.163 e. The lowest BCUT2D eigenvalue weighted by atomic mass is 10.1. The van der Waals surface area contributed by atoms with Gasteiger partial charge in [-0.05, 0) is 0 Å². The minimum Gasteiger partial charge on any atom is -0.633 e. The van der Waals surface area contributed by atoms with E-state index in [1.165, 1.54) is 0 Å². The number of carbonyl (C=O) groups excluding carboxylic acids is 1. The highest BCUT2D eigenvalue weighted by Gasteiger charge is 2.22. The third kappa shape index (κ3) is 2.66. The van der Waals surface area contributed by atoms with E-state index in [1.807, 2.05) is 30.3 Å². The third-order valence-electron chi connectivity index (χ3n) is 2.91. The van der Waals surface area contributed by atoms with Crippen molar-refractivity contribution in [2.45, 2.75) is 19.0 Å². The van der Waals surface area contributed by atoms with Gasteiger partial charge in [-0.3, -0.25) is 10.1 Å². The Morgan fingerprint density at radius 2 is 2.19 bits per heavy atom.